The molecule has 0 bridgehead atoms. The number of carbonyl (C=O) groups excluding carboxylic acids is 1. The molecular formula is C22H26ClN5O2S. The Hall–Kier alpha value is -2.71. The zero-order valence-electron chi connectivity index (χ0n) is 17.8. The number of aromatic nitrogens is 3. The monoisotopic (exact) mass is 459 g/mol. The molecule has 0 spiro atoms. The largest absolute Gasteiger partial charge is 0.486 e. The van der Waals surface area contributed by atoms with Crippen LogP contribution in [0.15, 0.2) is 53.7 Å². The van der Waals surface area contributed by atoms with E-state index in [1.165, 1.54) is 22.0 Å². The van der Waals surface area contributed by atoms with Gasteiger partial charge in [-0.15, -0.1) is 10.2 Å². The number of hydrogen-bond acceptors (Lipinski definition) is 6. The Morgan fingerprint density at radius 2 is 1.94 bits per heavy atom. The van der Waals surface area contributed by atoms with E-state index in [1.807, 2.05) is 42.5 Å². The molecule has 3 aromatic rings. The van der Waals surface area contributed by atoms with Crippen LogP contribution in [0.25, 0.3) is 0 Å². The number of nitrogen functional groups attached to an aromatic ring is 1. The molecule has 3 N–H and O–H groups in total. The van der Waals surface area contributed by atoms with Gasteiger partial charge >= 0.3 is 0 Å². The number of rotatable bonds is 8. The summed E-state index contributed by atoms with van der Waals surface area (Å²) in [7, 11) is 0. The summed E-state index contributed by atoms with van der Waals surface area (Å²) in [4.78, 5) is 12.1. The predicted molar refractivity (Wildman–Crippen MR) is 124 cm³/mol. The molecule has 1 aromatic heterocycles. The highest BCUT2D eigenvalue weighted by molar-refractivity contribution is 7.99. The first-order valence-electron chi connectivity index (χ1n) is 9.79. The number of thioether (sulfide) groups is 1. The van der Waals surface area contributed by atoms with E-state index in [1.54, 1.807) is 6.07 Å². The second-order valence-corrected chi connectivity index (χ2v) is 9.41. The summed E-state index contributed by atoms with van der Waals surface area (Å²) in [6.07, 6.45) is 0. The summed E-state index contributed by atoms with van der Waals surface area (Å²) in [5.41, 5.74) is 2.25. The molecule has 9 heteroatoms. The van der Waals surface area contributed by atoms with Gasteiger partial charge in [0, 0.05) is 11.6 Å². The van der Waals surface area contributed by atoms with Gasteiger partial charge in [0.05, 0.1) is 5.75 Å². The van der Waals surface area contributed by atoms with Gasteiger partial charge in [0.1, 0.15) is 12.4 Å². The van der Waals surface area contributed by atoms with Gasteiger partial charge in [-0.2, -0.15) is 0 Å². The topological polar surface area (TPSA) is 95.1 Å². The standard InChI is InChI=1S/C22H26ClN5O2S/c1-22(2,3)16-7-9-18(10-8-16)30-13-19-26-27-21(28(19)24)31-14-20(29)25-12-15-5-4-6-17(23)11-15/h4-11H,12-14,24H2,1-3H3,(H,25,29). The van der Waals surface area contributed by atoms with E-state index in [9.17, 15) is 4.79 Å². The molecule has 0 radical (unpaired) electrons. The van der Waals surface area contributed by atoms with Crippen molar-refractivity contribution in [3.8, 4) is 5.75 Å². The van der Waals surface area contributed by atoms with Crippen LogP contribution in [-0.4, -0.2) is 26.5 Å². The molecule has 0 aliphatic rings. The molecule has 1 heterocycles. The van der Waals surface area contributed by atoms with Crippen molar-refractivity contribution in [2.75, 3.05) is 11.6 Å². The zero-order chi connectivity index (χ0) is 22.4. The van der Waals surface area contributed by atoms with Crippen LogP contribution in [0.4, 0.5) is 0 Å². The van der Waals surface area contributed by atoms with Crippen molar-refractivity contribution in [2.24, 2.45) is 0 Å². The Labute approximate surface area is 191 Å². The lowest BCUT2D eigenvalue weighted by Gasteiger charge is -2.19. The lowest BCUT2D eigenvalue weighted by atomic mass is 9.87. The van der Waals surface area contributed by atoms with Crippen LogP contribution in [-0.2, 0) is 23.4 Å². The van der Waals surface area contributed by atoms with Gasteiger partial charge in [-0.05, 0) is 40.8 Å². The van der Waals surface area contributed by atoms with Crippen LogP contribution >= 0.6 is 23.4 Å². The van der Waals surface area contributed by atoms with Gasteiger partial charge < -0.3 is 15.9 Å². The number of hydrogen-bond donors (Lipinski definition) is 2. The molecule has 0 aliphatic heterocycles. The fourth-order valence-electron chi connectivity index (χ4n) is 2.73. The molecular weight excluding hydrogens is 434 g/mol. The number of benzene rings is 2. The third-order valence-corrected chi connectivity index (χ3v) is 5.71. The summed E-state index contributed by atoms with van der Waals surface area (Å²) in [6, 6.07) is 15.3. The lowest BCUT2D eigenvalue weighted by Crippen LogP contribution is -2.25. The highest BCUT2D eigenvalue weighted by Gasteiger charge is 2.15. The third kappa shape index (κ3) is 6.63. The maximum absolute atomic E-state index is 12.1. The van der Waals surface area contributed by atoms with E-state index in [4.69, 9.17) is 22.2 Å². The molecule has 0 aliphatic carbocycles. The van der Waals surface area contributed by atoms with Crippen LogP contribution < -0.4 is 15.9 Å². The number of ether oxygens (including phenoxy) is 1. The summed E-state index contributed by atoms with van der Waals surface area (Å²) >= 11 is 7.16. The summed E-state index contributed by atoms with van der Waals surface area (Å²) in [5, 5.41) is 12.0. The lowest BCUT2D eigenvalue weighted by molar-refractivity contribution is -0.118. The third-order valence-electron chi connectivity index (χ3n) is 4.53. The van der Waals surface area contributed by atoms with E-state index in [2.05, 4.69) is 36.3 Å². The average molecular weight is 460 g/mol. The Balaban J connectivity index is 1.47. The van der Waals surface area contributed by atoms with E-state index >= 15 is 0 Å². The summed E-state index contributed by atoms with van der Waals surface area (Å²) in [6.45, 7) is 7.08. The molecule has 31 heavy (non-hydrogen) atoms. The van der Waals surface area contributed by atoms with Crippen molar-refractivity contribution in [2.45, 2.75) is 44.5 Å². The number of nitrogens with zero attached hydrogens (tertiary/aromatic N) is 3. The molecule has 3 rings (SSSR count). The zero-order valence-corrected chi connectivity index (χ0v) is 19.3. The maximum Gasteiger partial charge on any atom is 0.230 e. The second-order valence-electron chi connectivity index (χ2n) is 8.03. The van der Waals surface area contributed by atoms with E-state index in [0.29, 0.717) is 22.5 Å². The Kier molecular flexibility index (Phi) is 7.46. The van der Waals surface area contributed by atoms with Crippen molar-refractivity contribution >= 4 is 29.3 Å². The summed E-state index contributed by atoms with van der Waals surface area (Å²) < 4.78 is 7.12. The van der Waals surface area contributed by atoms with Crippen LogP contribution in [0, 0.1) is 0 Å². The first-order chi connectivity index (χ1) is 14.7. The van der Waals surface area contributed by atoms with Crippen molar-refractivity contribution in [3.63, 3.8) is 0 Å². The smallest absolute Gasteiger partial charge is 0.230 e. The molecule has 0 fully saturated rings. The minimum atomic E-state index is -0.135. The van der Waals surface area contributed by atoms with Crippen LogP contribution in [0.1, 0.15) is 37.7 Å². The number of halogens is 1. The quantitative estimate of drug-likeness (QED) is 0.391. The van der Waals surface area contributed by atoms with Gasteiger partial charge in [0.2, 0.25) is 11.1 Å². The highest BCUT2D eigenvalue weighted by atomic mass is 35.5. The number of carbonyl (C=O) groups is 1. The Morgan fingerprint density at radius 1 is 1.19 bits per heavy atom. The Morgan fingerprint density at radius 3 is 2.61 bits per heavy atom. The van der Waals surface area contributed by atoms with Gasteiger partial charge in [0.25, 0.3) is 0 Å². The highest BCUT2D eigenvalue weighted by Crippen LogP contribution is 2.24. The van der Waals surface area contributed by atoms with Gasteiger partial charge in [0.15, 0.2) is 5.82 Å². The van der Waals surface area contributed by atoms with E-state index in [0.717, 1.165) is 11.3 Å². The normalized spacial score (nSPS) is 11.4. The average Bonchev–Trinajstić information content (AvgIpc) is 3.08. The number of nitrogens with two attached hydrogens (primary N) is 1. The van der Waals surface area contributed by atoms with Crippen molar-refractivity contribution < 1.29 is 9.53 Å². The fraction of sp³-hybridized carbons (Fsp3) is 0.318. The molecule has 0 unspecified atom stereocenters. The predicted octanol–water partition coefficient (Wildman–Crippen LogP) is 3.93. The summed E-state index contributed by atoms with van der Waals surface area (Å²) in [5.74, 6) is 7.30. The molecule has 7 nitrogen and oxygen atoms in total. The van der Waals surface area contributed by atoms with E-state index in [-0.39, 0.29) is 23.7 Å². The van der Waals surface area contributed by atoms with Crippen molar-refractivity contribution in [1.82, 2.24) is 20.2 Å². The molecule has 0 saturated carbocycles. The van der Waals surface area contributed by atoms with Crippen LogP contribution in [0.5, 0.6) is 5.75 Å². The molecule has 0 atom stereocenters. The van der Waals surface area contributed by atoms with Crippen LogP contribution in [0.2, 0.25) is 5.02 Å². The van der Waals surface area contributed by atoms with Gasteiger partial charge in [-0.25, -0.2) is 4.68 Å². The molecule has 1 amide bonds. The second kappa shape index (κ2) is 10.1. The molecule has 2 aromatic carbocycles. The van der Waals surface area contributed by atoms with Gasteiger partial charge in [-0.1, -0.05) is 68.4 Å². The minimum Gasteiger partial charge on any atom is -0.486 e. The van der Waals surface area contributed by atoms with Gasteiger partial charge in [-0.3, -0.25) is 4.79 Å². The van der Waals surface area contributed by atoms with Crippen molar-refractivity contribution in [1.29, 1.82) is 0 Å². The van der Waals surface area contributed by atoms with Crippen LogP contribution in [0.3, 0.4) is 0 Å². The van der Waals surface area contributed by atoms with E-state index < -0.39 is 0 Å². The SMILES string of the molecule is CC(C)(C)c1ccc(OCc2nnc(SCC(=O)NCc3cccc(Cl)c3)n2N)cc1. The molecule has 164 valence electrons. The first kappa shape index (κ1) is 23.0. The number of amides is 1. The van der Waals surface area contributed by atoms with Crippen molar-refractivity contribution in [3.05, 3.63) is 70.5 Å². The first-order valence-corrected chi connectivity index (χ1v) is 11.2. The molecule has 0 saturated heterocycles. The fourth-order valence-corrected chi connectivity index (χ4v) is 3.65. The Bertz CT molecular complexity index is 1030. The number of nitrogens with one attached hydrogen (secondary N) is 1. The minimum absolute atomic E-state index is 0.0858. The maximum atomic E-state index is 12.1.